The first-order valence-electron chi connectivity index (χ1n) is 12.9. The monoisotopic (exact) mass is 664 g/mol. The maximum absolute atomic E-state index is 13.0. The molecule has 216 valence electrons. The molecule has 0 aromatic heterocycles. The van der Waals surface area contributed by atoms with E-state index < -0.39 is 35.2 Å². The van der Waals surface area contributed by atoms with E-state index in [2.05, 4.69) is 21.3 Å². The molecule has 0 bridgehead atoms. The van der Waals surface area contributed by atoms with E-state index in [1.807, 2.05) is 22.6 Å². The molecule has 0 aliphatic heterocycles. The number of amides is 4. The van der Waals surface area contributed by atoms with Gasteiger partial charge in [0.1, 0.15) is 18.7 Å². The van der Waals surface area contributed by atoms with Gasteiger partial charge in [0.05, 0.1) is 9.84 Å². The molecule has 0 spiro atoms. The molecule has 2 rings (SSSR count). The summed E-state index contributed by atoms with van der Waals surface area (Å²) in [6.07, 6.45) is 0. The van der Waals surface area contributed by atoms with E-state index in [0.29, 0.717) is 21.4 Å². The fourth-order valence-electron chi connectivity index (χ4n) is 3.33. The Morgan fingerprint density at radius 1 is 0.800 bits per heavy atom. The van der Waals surface area contributed by atoms with E-state index in [4.69, 9.17) is 4.74 Å². The number of alkyl halides is 1. The second-order valence-corrected chi connectivity index (χ2v) is 11.5. The zero-order valence-corrected chi connectivity index (χ0v) is 25.8. The number of halogens is 1. The summed E-state index contributed by atoms with van der Waals surface area (Å²) in [5.41, 5.74) is 1.59. The average Bonchev–Trinajstić information content (AvgIpc) is 2.90. The Bertz CT molecular complexity index is 1210. The van der Waals surface area contributed by atoms with E-state index in [1.165, 1.54) is 0 Å². The van der Waals surface area contributed by atoms with Gasteiger partial charge in [-0.2, -0.15) is 0 Å². The van der Waals surface area contributed by atoms with Crippen molar-refractivity contribution in [3.8, 4) is 0 Å². The van der Waals surface area contributed by atoms with Crippen LogP contribution in [0, 0.1) is 11.3 Å². The first-order chi connectivity index (χ1) is 18.7. The maximum atomic E-state index is 13.0. The first kappa shape index (κ1) is 32.7. The van der Waals surface area contributed by atoms with Crippen LogP contribution < -0.4 is 21.3 Å². The number of carbonyl (C=O) groups excluding carboxylic acids is 5. The van der Waals surface area contributed by atoms with E-state index in [-0.39, 0.29) is 24.4 Å². The van der Waals surface area contributed by atoms with Crippen molar-refractivity contribution in [3.63, 3.8) is 0 Å². The lowest BCUT2D eigenvalue weighted by molar-refractivity contribution is -0.154. The fourth-order valence-corrected chi connectivity index (χ4v) is 3.52. The summed E-state index contributed by atoms with van der Waals surface area (Å²) >= 11 is 1.95. The summed E-state index contributed by atoms with van der Waals surface area (Å²) in [5.74, 6) is -2.08. The van der Waals surface area contributed by atoms with Crippen LogP contribution >= 0.6 is 22.6 Å². The largest absolute Gasteiger partial charge is 0.460 e. The summed E-state index contributed by atoms with van der Waals surface area (Å²) in [7, 11) is 0. The van der Waals surface area contributed by atoms with Gasteiger partial charge in [-0.05, 0) is 75.6 Å². The van der Waals surface area contributed by atoms with Gasteiger partial charge in [-0.3, -0.25) is 24.0 Å². The summed E-state index contributed by atoms with van der Waals surface area (Å²) in [6.45, 7) is 10.6. The minimum Gasteiger partial charge on any atom is -0.460 e. The molecule has 4 N–H and O–H groups in total. The molecule has 0 aliphatic rings. The molecule has 2 aromatic rings. The molecule has 0 saturated carbocycles. The van der Waals surface area contributed by atoms with Crippen LogP contribution in [0.25, 0.3) is 0 Å². The lowest BCUT2D eigenvalue weighted by atomic mass is 9.97. The van der Waals surface area contributed by atoms with Crippen LogP contribution in [0.2, 0.25) is 0 Å². The van der Waals surface area contributed by atoms with Crippen molar-refractivity contribution < 1.29 is 28.7 Å². The van der Waals surface area contributed by atoms with E-state index in [1.54, 1.807) is 90.1 Å². The number of benzene rings is 2. The number of ether oxygens (including phenoxy) is 1. The zero-order chi connectivity index (χ0) is 30.0. The number of hydrogen-bond acceptors (Lipinski definition) is 6. The molecule has 2 aromatic carbocycles. The molecule has 11 heteroatoms. The van der Waals surface area contributed by atoms with Crippen LogP contribution in [0.15, 0.2) is 48.5 Å². The Kier molecular flexibility index (Phi) is 12.1. The van der Waals surface area contributed by atoms with Crippen molar-refractivity contribution >= 4 is 63.6 Å². The molecule has 0 heterocycles. The molecule has 0 unspecified atom stereocenters. The first-order valence-corrected chi connectivity index (χ1v) is 14.4. The van der Waals surface area contributed by atoms with Gasteiger partial charge in [0.2, 0.25) is 17.7 Å². The standard InChI is InChI=1S/C29H37IN4O6/c1-17(2)24(34-26(37)20-9-13-21(14-10-20)32-23(35)15-30)27(38)31-18(3)25(36)33-22-11-7-19(8-12-22)16-40-28(39)29(4,5)6/h7-14,17-18,24H,15-16H2,1-6H3,(H,31,38)(H,32,35)(H,33,36)(H,34,37)/t18-,24-/m0/s1. The van der Waals surface area contributed by atoms with Gasteiger partial charge < -0.3 is 26.0 Å². The minimum atomic E-state index is -0.878. The summed E-state index contributed by atoms with van der Waals surface area (Å²) in [5, 5.41) is 10.8. The maximum Gasteiger partial charge on any atom is 0.311 e. The van der Waals surface area contributed by atoms with Crippen LogP contribution in [0.4, 0.5) is 11.4 Å². The van der Waals surface area contributed by atoms with Gasteiger partial charge in [0.25, 0.3) is 5.91 Å². The smallest absolute Gasteiger partial charge is 0.311 e. The zero-order valence-electron chi connectivity index (χ0n) is 23.6. The molecular formula is C29H37IN4O6. The SMILES string of the molecule is CC(C)[C@H](NC(=O)c1ccc(NC(=O)CI)cc1)C(=O)N[C@@H](C)C(=O)Nc1ccc(COC(=O)C(C)(C)C)cc1. The highest BCUT2D eigenvalue weighted by Crippen LogP contribution is 2.17. The predicted octanol–water partition coefficient (Wildman–Crippen LogP) is 4.05. The minimum absolute atomic E-state index is 0.123. The van der Waals surface area contributed by atoms with Crippen LogP contribution in [-0.2, 0) is 30.5 Å². The van der Waals surface area contributed by atoms with Crippen molar-refractivity contribution in [2.75, 3.05) is 15.1 Å². The van der Waals surface area contributed by atoms with Crippen molar-refractivity contribution in [3.05, 3.63) is 59.7 Å². The number of hydrogen-bond donors (Lipinski definition) is 4. The Morgan fingerprint density at radius 2 is 1.35 bits per heavy atom. The highest BCUT2D eigenvalue weighted by molar-refractivity contribution is 14.1. The quantitative estimate of drug-likeness (QED) is 0.162. The topological polar surface area (TPSA) is 143 Å². The van der Waals surface area contributed by atoms with Gasteiger partial charge in [-0.15, -0.1) is 0 Å². The highest BCUT2D eigenvalue weighted by Gasteiger charge is 2.27. The van der Waals surface area contributed by atoms with Gasteiger partial charge in [-0.25, -0.2) is 0 Å². The van der Waals surface area contributed by atoms with Crippen LogP contribution in [0.3, 0.4) is 0 Å². The molecule has 0 radical (unpaired) electrons. The van der Waals surface area contributed by atoms with Gasteiger partial charge in [0.15, 0.2) is 0 Å². The summed E-state index contributed by atoms with van der Waals surface area (Å²) < 4.78 is 5.61. The van der Waals surface area contributed by atoms with E-state index in [9.17, 15) is 24.0 Å². The van der Waals surface area contributed by atoms with Crippen molar-refractivity contribution in [2.45, 2.75) is 60.2 Å². The molecule has 4 amide bonds. The second kappa shape index (κ2) is 14.8. The lowest BCUT2D eigenvalue weighted by Gasteiger charge is -2.24. The number of carbonyl (C=O) groups is 5. The van der Waals surface area contributed by atoms with Crippen molar-refractivity contribution in [2.24, 2.45) is 11.3 Å². The van der Waals surface area contributed by atoms with Crippen molar-refractivity contribution in [1.82, 2.24) is 10.6 Å². The Labute approximate surface area is 248 Å². The second-order valence-electron chi connectivity index (χ2n) is 10.7. The number of anilines is 2. The average molecular weight is 665 g/mol. The molecular weight excluding hydrogens is 627 g/mol. The lowest BCUT2D eigenvalue weighted by Crippen LogP contribution is -2.53. The van der Waals surface area contributed by atoms with Gasteiger partial charge in [-0.1, -0.05) is 48.6 Å². The molecule has 10 nitrogen and oxygen atoms in total. The Hall–Kier alpha value is -3.48. The van der Waals surface area contributed by atoms with E-state index in [0.717, 1.165) is 5.56 Å². The third-order valence-corrected chi connectivity index (χ3v) is 6.44. The highest BCUT2D eigenvalue weighted by atomic mass is 127. The number of esters is 1. The molecule has 2 atom stereocenters. The summed E-state index contributed by atoms with van der Waals surface area (Å²) in [4.78, 5) is 61.9. The molecule has 40 heavy (non-hydrogen) atoms. The number of nitrogens with one attached hydrogen (secondary N) is 4. The van der Waals surface area contributed by atoms with E-state index >= 15 is 0 Å². The normalized spacial score (nSPS) is 12.6. The fraction of sp³-hybridized carbons (Fsp3) is 0.414. The molecule has 0 aliphatic carbocycles. The van der Waals surface area contributed by atoms with Gasteiger partial charge in [0, 0.05) is 16.9 Å². The molecule has 0 saturated heterocycles. The molecule has 0 fully saturated rings. The van der Waals surface area contributed by atoms with Gasteiger partial charge >= 0.3 is 5.97 Å². The van der Waals surface area contributed by atoms with Crippen LogP contribution in [0.5, 0.6) is 0 Å². The van der Waals surface area contributed by atoms with Crippen molar-refractivity contribution in [1.29, 1.82) is 0 Å². The third kappa shape index (κ3) is 10.2. The van der Waals surface area contributed by atoms with Crippen LogP contribution in [0.1, 0.15) is 57.5 Å². The number of rotatable bonds is 11. The summed E-state index contributed by atoms with van der Waals surface area (Å²) in [6, 6.07) is 11.4. The Morgan fingerprint density at radius 3 is 1.88 bits per heavy atom. The predicted molar refractivity (Wildman–Crippen MR) is 162 cm³/mol. The van der Waals surface area contributed by atoms with Crippen LogP contribution in [-0.4, -0.2) is 46.1 Å². The third-order valence-electron chi connectivity index (χ3n) is 5.74. The Balaban J connectivity index is 1.93.